The summed E-state index contributed by atoms with van der Waals surface area (Å²) >= 11 is 0. The predicted octanol–water partition coefficient (Wildman–Crippen LogP) is 2.65. The standard InChI is InChI=1S/C18H20F3N5O3/c1-10(15(28)26-8-6-17(4-5-17)7-9-26)22-16-25-24-14(29-16)12-3-2-11(13(27)23-12)18(19,20)21/h2-3,10H,4-9H2,1H3,(H,22,25)(H,23,27)/t10-/m0/s1. The molecule has 2 fully saturated rings. The van der Waals surface area contributed by atoms with Crippen molar-refractivity contribution in [2.75, 3.05) is 18.4 Å². The van der Waals surface area contributed by atoms with Gasteiger partial charge in [-0.15, -0.1) is 5.10 Å². The van der Waals surface area contributed by atoms with Crippen molar-refractivity contribution >= 4 is 11.9 Å². The van der Waals surface area contributed by atoms with Gasteiger partial charge in [-0.3, -0.25) is 9.59 Å². The Bertz CT molecular complexity index is 970. The molecular weight excluding hydrogens is 391 g/mol. The highest BCUT2D eigenvalue weighted by atomic mass is 19.4. The van der Waals surface area contributed by atoms with Crippen molar-refractivity contribution in [1.82, 2.24) is 20.1 Å². The predicted molar refractivity (Wildman–Crippen MR) is 95.9 cm³/mol. The van der Waals surface area contributed by atoms with Crippen LogP contribution >= 0.6 is 0 Å². The first-order valence-electron chi connectivity index (χ1n) is 9.37. The number of likely N-dealkylation sites (tertiary alicyclic amines) is 1. The van der Waals surface area contributed by atoms with E-state index in [-0.39, 0.29) is 23.5 Å². The highest BCUT2D eigenvalue weighted by Gasteiger charge is 2.45. The number of piperidine rings is 1. The molecule has 8 nitrogen and oxygen atoms in total. The van der Waals surface area contributed by atoms with Gasteiger partial charge in [0.15, 0.2) is 0 Å². The van der Waals surface area contributed by atoms with E-state index in [0.29, 0.717) is 11.5 Å². The summed E-state index contributed by atoms with van der Waals surface area (Å²) in [5.41, 5.74) is -2.20. The summed E-state index contributed by atoms with van der Waals surface area (Å²) < 4.78 is 43.4. The van der Waals surface area contributed by atoms with Crippen LogP contribution in [0.25, 0.3) is 11.6 Å². The van der Waals surface area contributed by atoms with Crippen LogP contribution in [0.3, 0.4) is 0 Å². The smallest absolute Gasteiger partial charge is 0.402 e. The third-order valence-corrected chi connectivity index (χ3v) is 5.67. The van der Waals surface area contributed by atoms with E-state index in [1.165, 1.54) is 12.8 Å². The van der Waals surface area contributed by atoms with Gasteiger partial charge in [0.25, 0.3) is 11.4 Å². The van der Waals surface area contributed by atoms with E-state index in [9.17, 15) is 22.8 Å². The van der Waals surface area contributed by atoms with Gasteiger partial charge in [0.05, 0.1) is 0 Å². The number of carbonyl (C=O) groups is 1. The number of pyridine rings is 1. The zero-order chi connectivity index (χ0) is 20.8. The Balaban J connectivity index is 1.40. The lowest BCUT2D eigenvalue weighted by Crippen LogP contribution is -2.45. The number of halogens is 3. The molecule has 0 bridgehead atoms. The summed E-state index contributed by atoms with van der Waals surface area (Å²) in [4.78, 5) is 28.1. The highest BCUT2D eigenvalue weighted by molar-refractivity contribution is 5.83. The first-order chi connectivity index (χ1) is 13.7. The van der Waals surface area contributed by atoms with Gasteiger partial charge >= 0.3 is 12.2 Å². The highest BCUT2D eigenvalue weighted by Crippen LogP contribution is 2.53. The summed E-state index contributed by atoms with van der Waals surface area (Å²) in [7, 11) is 0. The Kier molecular flexibility index (Phi) is 4.62. The minimum atomic E-state index is -4.75. The molecular formula is C18H20F3N5O3. The molecule has 4 rings (SSSR count). The number of nitrogens with one attached hydrogen (secondary N) is 2. The minimum Gasteiger partial charge on any atom is -0.402 e. The largest absolute Gasteiger partial charge is 0.421 e. The lowest BCUT2D eigenvalue weighted by molar-refractivity contribution is -0.138. The van der Waals surface area contributed by atoms with Gasteiger partial charge in [-0.05, 0) is 50.2 Å². The number of aromatic nitrogens is 3. The molecule has 1 aliphatic carbocycles. The van der Waals surface area contributed by atoms with Crippen molar-refractivity contribution < 1.29 is 22.4 Å². The maximum Gasteiger partial charge on any atom is 0.421 e. The molecule has 1 saturated heterocycles. The van der Waals surface area contributed by atoms with E-state index < -0.39 is 23.3 Å². The summed E-state index contributed by atoms with van der Waals surface area (Å²) in [5.74, 6) is -0.241. The molecule has 1 saturated carbocycles. The molecule has 3 heterocycles. The zero-order valence-corrected chi connectivity index (χ0v) is 15.7. The Morgan fingerprint density at radius 1 is 1.24 bits per heavy atom. The van der Waals surface area contributed by atoms with Crippen LogP contribution in [0.4, 0.5) is 19.2 Å². The third kappa shape index (κ3) is 3.99. The van der Waals surface area contributed by atoms with Gasteiger partial charge in [-0.1, -0.05) is 5.10 Å². The van der Waals surface area contributed by atoms with Crippen molar-refractivity contribution in [3.8, 4) is 11.6 Å². The average Bonchev–Trinajstić information content (AvgIpc) is 3.25. The number of nitrogens with zero attached hydrogens (tertiary/aromatic N) is 3. The first kappa shape index (κ1) is 19.5. The molecule has 11 heteroatoms. The molecule has 1 spiro atoms. The third-order valence-electron chi connectivity index (χ3n) is 5.67. The second kappa shape index (κ2) is 6.89. The molecule has 0 aromatic carbocycles. The molecule has 0 radical (unpaired) electrons. The van der Waals surface area contributed by atoms with Crippen molar-refractivity contribution in [3.63, 3.8) is 0 Å². The average molecular weight is 411 g/mol. The maximum atomic E-state index is 12.7. The van der Waals surface area contributed by atoms with Crippen molar-refractivity contribution in [3.05, 3.63) is 28.0 Å². The van der Waals surface area contributed by atoms with E-state index in [1.807, 2.05) is 4.90 Å². The Labute approximate surface area is 163 Å². The van der Waals surface area contributed by atoms with Gasteiger partial charge in [-0.25, -0.2) is 0 Å². The fourth-order valence-corrected chi connectivity index (χ4v) is 3.61. The van der Waals surface area contributed by atoms with E-state index in [0.717, 1.165) is 32.0 Å². The van der Waals surface area contributed by atoms with Gasteiger partial charge in [0.1, 0.15) is 17.3 Å². The Hall–Kier alpha value is -2.85. The van der Waals surface area contributed by atoms with Gasteiger partial charge in [0, 0.05) is 13.1 Å². The number of hydrogen-bond donors (Lipinski definition) is 2. The number of rotatable bonds is 4. The molecule has 2 aliphatic rings. The molecule has 2 N–H and O–H groups in total. The van der Waals surface area contributed by atoms with Crippen molar-refractivity contribution in [2.45, 2.75) is 44.8 Å². The van der Waals surface area contributed by atoms with E-state index in [4.69, 9.17) is 4.42 Å². The molecule has 2 aromatic heterocycles. The lowest BCUT2D eigenvalue weighted by Gasteiger charge is -2.33. The number of carbonyl (C=O) groups excluding carboxylic acids is 1. The molecule has 29 heavy (non-hydrogen) atoms. The fraction of sp³-hybridized carbons (Fsp3) is 0.556. The molecule has 0 unspecified atom stereocenters. The van der Waals surface area contributed by atoms with Gasteiger partial charge in [-0.2, -0.15) is 13.2 Å². The summed E-state index contributed by atoms with van der Waals surface area (Å²) in [6, 6.07) is 1.03. The van der Waals surface area contributed by atoms with Gasteiger partial charge in [0.2, 0.25) is 5.91 Å². The van der Waals surface area contributed by atoms with Crippen LogP contribution in [0.5, 0.6) is 0 Å². The minimum absolute atomic E-state index is 0.0479. The second-order valence-corrected chi connectivity index (χ2v) is 7.72. The number of amides is 1. The number of hydrogen-bond acceptors (Lipinski definition) is 6. The quantitative estimate of drug-likeness (QED) is 0.802. The van der Waals surface area contributed by atoms with Crippen molar-refractivity contribution in [2.24, 2.45) is 5.41 Å². The molecule has 156 valence electrons. The van der Waals surface area contributed by atoms with E-state index >= 15 is 0 Å². The monoisotopic (exact) mass is 411 g/mol. The Morgan fingerprint density at radius 2 is 1.93 bits per heavy atom. The van der Waals surface area contributed by atoms with Crippen LogP contribution in [0.1, 0.15) is 38.2 Å². The summed E-state index contributed by atoms with van der Waals surface area (Å²) in [6.07, 6.45) is -0.203. The number of aromatic amines is 1. The molecule has 1 amide bonds. The van der Waals surface area contributed by atoms with Gasteiger partial charge < -0.3 is 19.6 Å². The Morgan fingerprint density at radius 3 is 2.52 bits per heavy atom. The summed E-state index contributed by atoms with van der Waals surface area (Å²) in [5, 5.41) is 10.3. The topological polar surface area (TPSA) is 104 Å². The molecule has 2 aromatic rings. The van der Waals surface area contributed by atoms with Crippen LogP contribution < -0.4 is 10.9 Å². The summed E-state index contributed by atoms with van der Waals surface area (Å²) in [6.45, 7) is 3.13. The second-order valence-electron chi connectivity index (χ2n) is 7.72. The zero-order valence-electron chi connectivity index (χ0n) is 15.7. The van der Waals surface area contributed by atoms with Crippen LogP contribution in [0.2, 0.25) is 0 Å². The SMILES string of the molecule is C[C@H](Nc1nnc(-c2ccc(C(F)(F)F)c(=O)[nH]2)o1)C(=O)N1CCC2(CC1)CC2. The number of alkyl halides is 3. The normalized spacial score (nSPS) is 19.2. The molecule has 1 atom stereocenters. The van der Waals surface area contributed by atoms with Crippen LogP contribution in [-0.2, 0) is 11.0 Å². The lowest BCUT2D eigenvalue weighted by atomic mass is 9.93. The van der Waals surface area contributed by atoms with E-state index in [2.05, 4.69) is 20.5 Å². The van der Waals surface area contributed by atoms with Crippen LogP contribution in [0, 0.1) is 5.41 Å². The number of H-pyrrole nitrogens is 1. The first-order valence-corrected chi connectivity index (χ1v) is 9.37. The van der Waals surface area contributed by atoms with Crippen LogP contribution in [0.15, 0.2) is 21.3 Å². The van der Waals surface area contributed by atoms with Crippen molar-refractivity contribution in [1.29, 1.82) is 0 Å². The van der Waals surface area contributed by atoms with E-state index in [1.54, 1.807) is 6.92 Å². The van der Waals surface area contributed by atoms with Crippen LogP contribution in [-0.4, -0.2) is 45.1 Å². The number of anilines is 1. The fourth-order valence-electron chi connectivity index (χ4n) is 3.61. The molecule has 1 aliphatic heterocycles. The maximum absolute atomic E-state index is 12.7.